The maximum Gasteiger partial charge on any atom is 0.143 e. The van der Waals surface area contributed by atoms with Gasteiger partial charge in [0.1, 0.15) is 11.2 Å². The van der Waals surface area contributed by atoms with Gasteiger partial charge < -0.3 is 13.9 Å². The molecule has 3 heteroatoms. The minimum Gasteiger partial charge on any atom is -0.455 e. The van der Waals surface area contributed by atoms with Crippen molar-refractivity contribution in [3.8, 4) is 27.9 Å². The summed E-state index contributed by atoms with van der Waals surface area (Å²) >= 11 is 0. The summed E-state index contributed by atoms with van der Waals surface area (Å²) in [5.41, 5.74) is 13.3. The van der Waals surface area contributed by atoms with Gasteiger partial charge in [-0.3, -0.25) is 0 Å². The Morgan fingerprint density at radius 3 is 1.51 bits per heavy atom. The second kappa shape index (κ2) is 12.6. The summed E-state index contributed by atoms with van der Waals surface area (Å²) in [6.45, 7) is 0. The van der Waals surface area contributed by atoms with E-state index in [4.69, 9.17) is 4.42 Å². The van der Waals surface area contributed by atoms with E-state index in [-0.39, 0.29) is 0 Å². The first-order valence-corrected chi connectivity index (χ1v) is 18.8. The summed E-state index contributed by atoms with van der Waals surface area (Å²) < 4.78 is 9.12. The molecular formula is C52H34N2O. The second-order valence-electron chi connectivity index (χ2n) is 14.1. The Balaban J connectivity index is 1.02. The fourth-order valence-electron chi connectivity index (χ4n) is 8.48. The molecule has 0 fully saturated rings. The SMILES string of the molecule is c1ccc(N(c2ccccc2)c2cccc3oc4c5ccccc5c(-c5ccc(-c6ccc(-n7c8ccccc8c8ccccc87)cc6)cc5)cc4c23)cc1. The van der Waals surface area contributed by atoms with Gasteiger partial charge in [-0.25, -0.2) is 0 Å². The number of furan rings is 1. The highest BCUT2D eigenvalue weighted by Crippen LogP contribution is 2.46. The van der Waals surface area contributed by atoms with Crippen molar-refractivity contribution in [2.75, 3.05) is 4.90 Å². The third-order valence-corrected chi connectivity index (χ3v) is 11.0. The standard InChI is InChI=1S/C52H34N2O/c1-3-14-38(15-4-1)53(39-16-5-2-6-17-39)49-24-13-25-50-51(49)46-34-45(41-18-7-8-21-44(41)52(46)55-50)37-28-26-35(27-29-37)36-30-32-40(33-31-36)54-47-22-11-9-19-42(47)43-20-10-12-23-48(43)54/h1-34H. The number of aromatic nitrogens is 1. The van der Waals surface area contributed by atoms with E-state index in [1.807, 2.05) is 0 Å². The number of hydrogen-bond donors (Lipinski definition) is 0. The van der Waals surface area contributed by atoms with E-state index >= 15 is 0 Å². The Hall–Kier alpha value is -7.36. The minimum absolute atomic E-state index is 0.867. The lowest BCUT2D eigenvalue weighted by Crippen LogP contribution is -2.09. The van der Waals surface area contributed by atoms with Crippen LogP contribution in [0.5, 0.6) is 0 Å². The smallest absolute Gasteiger partial charge is 0.143 e. The van der Waals surface area contributed by atoms with Crippen molar-refractivity contribution in [2.24, 2.45) is 0 Å². The largest absolute Gasteiger partial charge is 0.455 e. The van der Waals surface area contributed by atoms with Crippen molar-refractivity contribution in [1.82, 2.24) is 4.57 Å². The topological polar surface area (TPSA) is 21.3 Å². The van der Waals surface area contributed by atoms with E-state index in [9.17, 15) is 0 Å². The van der Waals surface area contributed by atoms with Crippen molar-refractivity contribution in [3.63, 3.8) is 0 Å². The number of nitrogens with zero attached hydrogens (tertiary/aromatic N) is 2. The van der Waals surface area contributed by atoms with Gasteiger partial charge in [0.2, 0.25) is 0 Å². The molecular weight excluding hydrogens is 669 g/mol. The summed E-state index contributed by atoms with van der Waals surface area (Å²) in [5.74, 6) is 0. The van der Waals surface area contributed by atoms with Crippen LogP contribution in [0.2, 0.25) is 0 Å². The molecule has 0 radical (unpaired) electrons. The lowest BCUT2D eigenvalue weighted by molar-refractivity contribution is 0.672. The summed E-state index contributed by atoms with van der Waals surface area (Å²) in [7, 11) is 0. The van der Waals surface area contributed by atoms with Crippen molar-refractivity contribution >= 4 is 71.6 Å². The zero-order chi connectivity index (χ0) is 36.3. The van der Waals surface area contributed by atoms with Crippen LogP contribution in [0.25, 0.3) is 82.5 Å². The lowest BCUT2D eigenvalue weighted by atomic mass is 9.93. The number of benzene rings is 9. The highest BCUT2D eigenvalue weighted by Gasteiger charge is 2.21. The molecule has 0 bridgehead atoms. The van der Waals surface area contributed by atoms with Crippen LogP contribution in [0.3, 0.4) is 0 Å². The van der Waals surface area contributed by atoms with Crippen LogP contribution < -0.4 is 4.90 Å². The van der Waals surface area contributed by atoms with E-state index in [1.54, 1.807) is 0 Å². The van der Waals surface area contributed by atoms with Gasteiger partial charge in [-0.2, -0.15) is 0 Å². The van der Waals surface area contributed by atoms with E-state index < -0.39 is 0 Å². The van der Waals surface area contributed by atoms with E-state index in [0.29, 0.717) is 0 Å². The third-order valence-electron chi connectivity index (χ3n) is 11.0. The molecule has 0 aliphatic rings. The monoisotopic (exact) mass is 702 g/mol. The molecule has 0 saturated heterocycles. The van der Waals surface area contributed by atoms with Gasteiger partial charge in [0, 0.05) is 38.6 Å². The normalized spacial score (nSPS) is 11.6. The molecule has 2 heterocycles. The summed E-state index contributed by atoms with van der Waals surface area (Å²) in [6.07, 6.45) is 0. The van der Waals surface area contributed by atoms with Gasteiger partial charge in [0.25, 0.3) is 0 Å². The maximum absolute atomic E-state index is 6.75. The van der Waals surface area contributed by atoms with Crippen molar-refractivity contribution in [3.05, 3.63) is 206 Å². The van der Waals surface area contributed by atoms with Crippen LogP contribution in [-0.4, -0.2) is 4.57 Å². The molecule has 0 saturated carbocycles. The Labute approximate surface area is 318 Å². The number of hydrogen-bond acceptors (Lipinski definition) is 2. The first-order chi connectivity index (χ1) is 27.3. The molecule has 0 aliphatic heterocycles. The maximum atomic E-state index is 6.75. The van der Waals surface area contributed by atoms with Crippen molar-refractivity contribution < 1.29 is 4.42 Å². The molecule has 258 valence electrons. The molecule has 0 N–H and O–H groups in total. The molecule has 0 atom stereocenters. The first-order valence-electron chi connectivity index (χ1n) is 18.8. The van der Waals surface area contributed by atoms with Crippen LogP contribution in [0, 0.1) is 0 Å². The molecule has 2 aromatic heterocycles. The number of fused-ring (bicyclic) bond motifs is 8. The zero-order valence-electron chi connectivity index (χ0n) is 29.9. The molecule has 0 spiro atoms. The average molecular weight is 703 g/mol. The number of para-hydroxylation sites is 4. The summed E-state index contributed by atoms with van der Waals surface area (Å²) in [5, 5.41) is 7.01. The first kappa shape index (κ1) is 31.2. The Morgan fingerprint density at radius 2 is 0.891 bits per heavy atom. The van der Waals surface area contributed by atoms with Gasteiger partial charge >= 0.3 is 0 Å². The second-order valence-corrected chi connectivity index (χ2v) is 14.1. The fourth-order valence-corrected chi connectivity index (χ4v) is 8.48. The molecule has 9 aromatic carbocycles. The Bertz CT molecular complexity index is 3080. The van der Waals surface area contributed by atoms with E-state index in [2.05, 4.69) is 216 Å². The Kier molecular flexibility index (Phi) is 7.17. The summed E-state index contributed by atoms with van der Waals surface area (Å²) in [6, 6.07) is 73.7. The van der Waals surface area contributed by atoms with Crippen LogP contribution in [0.1, 0.15) is 0 Å². The lowest BCUT2D eigenvalue weighted by Gasteiger charge is -2.26. The van der Waals surface area contributed by atoms with Crippen LogP contribution in [-0.2, 0) is 0 Å². The molecule has 3 nitrogen and oxygen atoms in total. The molecule has 11 rings (SSSR count). The summed E-state index contributed by atoms with van der Waals surface area (Å²) in [4.78, 5) is 2.33. The van der Waals surface area contributed by atoms with Gasteiger partial charge in [-0.15, -0.1) is 0 Å². The van der Waals surface area contributed by atoms with Crippen LogP contribution >= 0.6 is 0 Å². The van der Waals surface area contributed by atoms with Gasteiger partial charge in [0.05, 0.1) is 22.1 Å². The highest BCUT2D eigenvalue weighted by atomic mass is 16.3. The third kappa shape index (κ3) is 5.05. The van der Waals surface area contributed by atoms with E-state index in [0.717, 1.165) is 50.1 Å². The van der Waals surface area contributed by atoms with Gasteiger partial charge in [-0.1, -0.05) is 140 Å². The van der Waals surface area contributed by atoms with Crippen LogP contribution in [0.15, 0.2) is 211 Å². The van der Waals surface area contributed by atoms with Crippen molar-refractivity contribution in [2.45, 2.75) is 0 Å². The average Bonchev–Trinajstić information content (AvgIpc) is 3.81. The van der Waals surface area contributed by atoms with Crippen molar-refractivity contribution in [1.29, 1.82) is 0 Å². The highest BCUT2D eigenvalue weighted by molar-refractivity contribution is 6.22. The minimum atomic E-state index is 0.867. The van der Waals surface area contributed by atoms with E-state index in [1.165, 1.54) is 49.4 Å². The molecule has 0 amide bonds. The van der Waals surface area contributed by atoms with Gasteiger partial charge in [-0.05, 0) is 94.4 Å². The van der Waals surface area contributed by atoms with Gasteiger partial charge in [0.15, 0.2) is 0 Å². The van der Waals surface area contributed by atoms with Crippen LogP contribution in [0.4, 0.5) is 17.1 Å². The Morgan fingerprint density at radius 1 is 0.382 bits per heavy atom. The molecule has 55 heavy (non-hydrogen) atoms. The fraction of sp³-hybridized carbons (Fsp3) is 0. The molecule has 0 unspecified atom stereocenters. The number of rotatable bonds is 6. The predicted octanol–water partition coefficient (Wildman–Crippen LogP) is 14.6. The molecule has 11 aromatic rings. The number of anilines is 3. The molecule has 0 aliphatic carbocycles. The predicted molar refractivity (Wildman–Crippen MR) is 231 cm³/mol. The quantitative estimate of drug-likeness (QED) is 0.172. The zero-order valence-corrected chi connectivity index (χ0v) is 29.9.